The highest BCUT2D eigenvalue weighted by molar-refractivity contribution is 6.00. The van der Waals surface area contributed by atoms with Gasteiger partial charge in [0.2, 0.25) is 5.91 Å². The third-order valence-electron chi connectivity index (χ3n) is 5.11. The number of ether oxygens (including phenoxy) is 1. The van der Waals surface area contributed by atoms with Crippen LogP contribution in [-0.2, 0) is 14.9 Å². The first-order valence-corrected chi connectivity index (χ1v) is 8.98. The number of rotatable bonds is 4. The number of carbonyl (C=O) groups is 2. The molecule has 0 bridgehead atoms. The van der Waals surface area contributed by atoms with Gasteiger partial charge in [0, 0.05) is 5.69 Å². The number of amides is 2. The fourth-order valence-corrected chi connectivity index (χ4v) is 3.68. The maximum absolute atomic E-state index is 13.9. The van der Waals surface area contributed by atoms with Gasteiger partial charge in [0.15, 0.2) is 0 Å². The van der Waals surface area contributed by atoms with Gasteiger partial charge < -0.3 is 10.1 Å². The summed E-state index contributed by atoms with van der Waals surface area (Å²) in [5.41, 5.74) is 1.91. The van der Waals surface area contributed by atoms with Crippen LogP contribution in [0.3, 0.4) is 0 Å². The molecule has 27 heavy (non-hydrogen) atoms. The molecule has 2 N–H and O–H groups in total. The van der Waals surface area contributed by atoms with E-state index in [2.05, 4.69) is 21.4 Å². The van der Waals surface area contributed by atoms with Crippen LogP contribution in [0.4, 0.5) is 20.6 Å². The van der Waals surface area contributed by atoms with Crippen LogP contribution in [0, 0.1) is 12.7 Å². The Morgan fingerprint density at radius 1 is 1.07 bits per heavy atom. The Morgan fingerprint density at radius 2 is 1.81 bits per heavy atom. The maximum atomic E-state index is 13.9. The van der Waals surface area contributed by atoms with Crippen molar-refractivity contribution in [2.45, 2.75) is 38.0 Å². The summed E-state index contributed by atoms with van der Waals surface area (Å²) in [6.07, 6.45) is 2.75. The smallest absolute Gasteiger partial charge is 0.411 e. The minimum Gasteiger partial charge on any atom is -0.453 e. The summed E-state index contributed by atoms with van der Waals surface area (Å²) in [7, 11) is 1.20. The van der Waals surface area contributed by atoms with Gasteiger partial charge >= 0.3 is 6.09 Å². The molecule has 0 aromatic heterocycles. The summed E-state index contributed by atoms with van der Waals surface area (Å²) in [6.45, 7) is 2.01. The Hall–Kier alpha value is -2.89. The Kier molecular flexibility index (Phi) is 5.44. The fraction of sp³-hybridized carbons (Fsp3) is 0.333. The van der Waals surface area contributed by atoms with E-state index in [1.807, 2.05) is 25.1 Å². The molecule has 0 spiro atoms. The summed E-state index contributed by atoms with van der Waals surface area (Å²) >= 11 is 0. The molecule has 0 saturated heterocycles. The van der Waals surface area contributed by atoms with Crippen molar-refractivity contribution in [2.75, 3.05) is 17.7 Å². The number of hydrogen-bond acceptors (Lipinski definition) is 3. The second kappa shape index (κ2) is 7.78. The van der Waals surface area contributed by atoms with Gasteiger partial charge in [-0.2, -0.15) is 0 Å². The van der Waals surface area contributed by atoms with Crippen molar-refractivity contribution in [3.05, 3.63) is 59.4 Å². The van der Waals surface area contributed by atoms with E-state index in [9.17, 15) is 14.0 Å². The lowest BCUT2D eigenvalue weighted by molar-refractivity contribution is -0.121. The van der Waals surface area contributed by atoms with E-state index in [-0.39, 0.29) is 11.6 Å². The first-order valence-electron chi connectivity index (χ1n) is 8.98. The number of halogens is 1. The standard InChI is InChI=1S/C21H23FN2O3/c1-14-6-5-7-15(12-14)21(10-3-4-11-21)19(25)23-16-8-9-17(22)18(13-16)24-20(26)27-2/h5-9,12-13H,3-4,10-11H2,1-2H3,(H,23,25)(H,24,26). The highest BCUT2D eigenvalue weighted by Crippen LogP contribution is 2.42. The zero-order valence-electron chi connectivity index (χ0n) is 15.5. The monoisotopic (exact) mass is 370 g/mol. The van der Waals surface area contributed by atoms with Crippen LogP contribution in [0.25, 0.3) is 0 Å². The third-order valence-corrected chi connectivity index (χ3v) is 5.11. The van der Waals surface area contributed by atoms with Crippen LogP contribution in [0.2, 0.25) is 0 Å². The predicted molar refractivity (Wildman–Crippen MR) is 102 cm³/mol. The molecule has 0 radical (unpaired) electrons. The Morgan fingerprint density at radius 3 is 2.48 bits per heavy atom. The molecule has 142 valence electrons. The number of methoxy groups -OCH3 is 1. The third kappa shape index (κ3) is 3.94. The average Bonchev–Trinajstić information content (AvgIpc) is 3.15. The van der Waals surface area contributed by atoms with Gasteiger partial charge in [0.05, 0.1) is 18.2 Å². The lowest BCUT2D eigenvalue weighted by Crippen LogP contribution is -2.38. The Bertz CT molecular complexity index is 860. The molecule has 0 unspecified atom stereocenters. The number of carbonyl (C=O) groups excluding carboxylic acids is 2. The summed E-state index contributed by atoms with van der Waals surface area (Å²) in [4.78, 5) is 24.6. The van der Waals surface area contributed by atoms with Crippen LogP contribution in [-0.4, -0.2) is 19.1 Å². The molecule has 6 heteroatoms. The summed E-state index contributed by atoms with van der Waals surface area (Å²) in [5.74, 6) is -0.714. The largest absolute Gasteiger partial charge is 0.453 e. The zero-order valence-corrected chi connectivity index (χ0v) is 15.5. The Labute approximate surface area is 157 Å². The van der Waals surface area contributed by atoms with E-state index in [1.165, 1.54) is 25.3 Å². The molecule has 3 rings (SSSR count). The lowest BCUT2D eigenvalue weighted by atomic mass is 9.77. The fourth-order valence-electron chi connectivity index (χ4n) is 3.68. The van der Waals surface area contributed by atoms with Crippen molar-refractivity contribution in [2.24, 2.45) is 0 Å². The summed E-state index contributed by atoms with van der Waals surface area (Å²) in [5, 5.41) is 5.21. The van der Waals surface area contributed by atoms with Crippen molar-refractivity contribution in [3.8, 4) is 0 Å². The van der Waals surface area contributed by atoms with Crippen LogP contribution in [0.15, 0.2) is 42.5 Å². The number of hydrogen-bond donors (Lipinski definition) is 2. The minimum atomic E-state index is -0.774. The van der Waals surface area contributed by atoms with Gasteiger partial charge in [0.1, 0.15) is 5.82 Å². The predicted octanol–water partition coefficient (Wildman–Crippen LogP) is 4.76. The highest BCUT2D eigenvalue weighted by Gasteiger charge is 2.42. The van der Waals surface area contributed by atoms with E-state index >= 15 is 0 Å². The first-order chi connectivity index (χ1) is 12.9. The SMILES string of the molecule is COC(=O)Nc1cc(NC(=O)C2(c3cccc(C)c3)CCCC2)ccc1F. The van der Waals surface area contributed by atoms with E-state index in [0.717, 1.165) is 36.8 Å². The molecule has 0 heterocycles. The van der Waals surface area contributed by atoms with E-state index in [0.29, 0.717) is 5.69 Å². The van der Waals surface area contributed by atoms with E-state index in [4.69, 9.17) is 0 Å². The molecule has 5 nitrogen and oxygen atoms in total. The van der Waals surface area contributed by atoms with Crippen molar-refractivity contribution in [1.29, 1.82) is 0 Å². The molecule has 2 aromatic rings. The van der Waals surface area contributed by atoms with Gasteiger partial charge in [-0.05, 0) is 43.5 Å². The molecule has 1 aliphatic rings. The molecule has 1 aliphatic carbocycles. The van der Waals surface area contributed by atoms with E-state index in [1.54, 1.807) is 0 Å². The van der Waals surface area contributed by atoms with Crippen molar-refractivity contribution < 1.29 is 18.7 Å². The number of benzene rings is 2. The molecule has 1 saturated carbocycles. The van der Waals surface area contributed by atoms with Crippen molar-refractivity contribution >= 4 is 23.4 Å². The quantitative estimate of drug-likeness (QED) is 0.815. The minimum absolute atomic E-state index is 0.0457. The lowest BCUT2D eigenvalue weighted by Gasteiger charge is -2.28. The van der Waals surface area contributed by atoms with Crippen molar-refractivity contribution in [3.63, 3.8) is 0 Å². The first kappa shape index (κ1) is 18.9. The van der Waals surface area contributed by atoms with Crippen LogP contribution >= 0.6 is 0 Å². The van der Waals surface area contributed by atoms with Crippen LogP contribution in [0.1, 0.15) is 36.8 Å². The van der Waals surface area contributed by atoms with Gasteiger partial charge in [-0.3, -0.25) is 10.1 Å². The summed E-state index contributed by atoms with van der Waals surface area (Å²) in [6, 6.07) is 12.1. The molecule has 0 aliphatic heterocycles. The molecular formula is C21H23FN2O3. The summed E-state index contributed by atoms with van der Waals surface area (Å²) < 4.78 is 18.4. The zero-order chi connectivity index (χ0) is 19.4. The van der Waals surface area contributed by atoms with E-state index < -0.39 is 17.3 Å². The second-order valence-corrected chi connectivity index (χ2v) is 6.92. The molecular weight excluding hydrogens is 347 g/mol. The Balaban J connectivity index is 1.87. The topological polar surface area (TPSA) is 67.4 Å². The van der Waals surface area contributed by atoms with Crippen LogP contribution in [0.5, 0.6) is 0 Å². The normalized spacial score (nSPS) is 15.2. The number of nitrogens with one attached hydrogen (secondary N) is 2. The average molecular weight is 370 g/mol. The van der Waals surface area contributed by atoms with Crippen molar-refractivity contribution in [1.82, 2.24) is 0 Å². The molecule has 1 fully saturated rings. The maximum Gasteiger partial charge on any atom is 0.411 e. The molecule has 2 aromatic carbocycles. The number of anilines is 2. The highest BCUT2D eigenvalue weighted by atomic mass is 19.1. The van der Waals surface area contributed by atoms with Gasteiger partial charge in [0.25, 0.3) is 0 Å². The number of aryl methyl sites for hydroxylation is 1. The molecule has 2 amide bonds. The van der Waals surface area contributed by atoms with Gasteiger partial charge in [-0.15, -0.1) is 0 Å². The van der Waals surface area contributed by atoms with Gasteiger partial charge in [-0.25, -0.2) is 9.18 Å². The second-order valence-electron chi connectivity index (χ2n) is 6.92. The van der Waals surface area contributed by atoms with Gasteiger partial charge in [-0.1, -0.05) is 42.7 Å². The molecule has 0 atom stereocenters. The van der Waals surface area contributed by atoms with Crippen LogP contribution < -0.4 is 10.6 Å².